The summed E-state index contributed by atoms with van der Waals surface area (Å²) in [5.41, 5.74) is 1.48. The van der Waals surface area contributed by atoms with E-state index in [1.165, 1.54) is 0 Å². The van der Waals surface area contributed by atoms with Crippen LogP contribution in [0.5, 0.6) is 0 Å². The van der Waals surface area contributed by atoms with Crippen LogP contribution < -0.4 is 4.90 Å². The Morgan fingerprint density at radius 3 is 3.17 bits per heavy atom. The van der Waals surface area contributed by atoms with Crippen LogP contribution in [0.25, 0.3) is 11.1 Å². The first-order chi connectivity index (χ1) is 11.1. The highest BCUT2D eigenvalue weighted by atomic mass is 16.3. The van der Waals surface area contributed by atoms with Crippen LogP contribution >= 0.6 is 0 Å². The number of amides is 1. The molecule has 1 aliphatic heterocycles. The van der Waals surface area contributed by atoms with Gasteiger partial charge in [-0.25, -0.2) is 4.98 Å². The average molecular weight is 314 g/mol. The van der Waals surface area contributed by atoms with Gasteiger partial charge in [0.05, 0.1) is 25.9 Å². The summed E-state index contributed by atoms with van der Waals surface area (Å²) in [5, 5.41) is 8.74. The number of aromatic nitrogens is 2. The number of nitrogens with one attached hydrogen (secondary N) is 1. The van der Waals surface area contributed by atoms with E-state index in [0.29, 0.717) is 24.6 Å². The van der Waals surface area contributed by atoms with Crippen molar-refractivity contribution >= 4 is 22.8 Å². The van der Waals surface area contributed by atoms with Gasteiger partial charge in [0.15, 0.2) is 0 Å². The third kappa shape index (κ3) is 2.90. The minimum absolute atomic E-state index is 0.0594. The first-order valence-electron chi connectivity index (χ1n) is 7.78. The predicted octanol–water partition coefficient (Wildman–Crippen LogP) is 0.520. The van der Waals surface area contributed by atoms with Gasteiger partial charge in [-0.15, -0.1) is 0 Å². The van der Waals surface area contributed by atoms with Crippen molar-refractivity contribution in [2.45, 2.75) is 25.8 Å². The third-order valence-electron chi connectivity index (χ3n) is 4.71. The van der Waals surface area contributed by atoms with Gasteiger partial charge in [-0.2, -0.15) is 10.2 Å². The van der Waals surface area contributed by atoms with Crippen LogP contribution in [0.4, 0.5) is 5.82 Å². The van der Waals surface area contributed by atoms with Gasteiger partial charge in [-0.3, -0.25) is 9.69 Å². The number of hydrogen-bond donors (Lipinski definition) is 1. The monoisotopic (exact) mass is 314 g/mol. The molecule has 1 saturated heterocycles. The van der Waals surface area contributed by atoms with Crippen molar-refractivity contribution in [3.63, 3.8) is 0 Å². The number of piperidine rings is 1. The fourth-order valence-electron chi connectivity index (χ4n) is 3.28. The van der Waals surface area contributed by atoms with Crippen molar-refractivity contribution in [3.8, 4) is 6.07 Å². The highest BCUT2D eigenvalue weighted by Gasteiger charge is 2.36. The van der Waals surface area contributed by atoms with Crippen molar-refractivity contribution in [3.05, 3.63) is 18.7 Å². The normalized spacial score (nSPS) is 22.7. The molecule has 0 saturated carbocycles. The minimum Gasteiger partial charge on any atom is -0.455 e. The maximum absolute atomic E-state index is 12.0. The molecule has 1 amide bonds. The number of carbonyl (C=O) groups excluding carboxylic acids is 1. The number of carbonyl (C=O) groups is 1. The van der Waals surface area contributed by atoms with Gasteiger partial charge in [-0.05, 0) is 6.42 Å². The highest BCUT2D eigenvalue weighted by Crippen LogP contribution is 2.20. The standard InChI is InChI=1S/C16H19N5O2/c1-11-4-7-21(14(22)3-6-17)9-13(11)20(2)16-15-12(5-8-23-15)18-10-19-16/h5,8,10-11,13H,3-4,7,9H2,1-2H3/p+1. The topological polar surface area (TPSA) is 87.5 Å². The number of likely N-dealkylation sites (N-methyl/N-ethyl adjacent to an activating group) is 1. The van der Waals surface area contributed by atoms with E-state index in [1.54, 1.807) is 17.5 Å². The van der Waals surface area contributed by atoms with E-state index in [4.69, 9.17) is 9.68 Å². The summed E-state index contributed by atoms with van der Waals surface area (Å²) < 4.78 is 5.54. The van der Waals surface area contributed by atoms with Crippen LogP contribution in [0.3, 0.4) is 0 Å². The Balaban J connectivity index is 1.85. The molecule has 0 spiro atoms. The van der Waals surface area contributed by atoms with Crippen LogP contribution in [-0.2, 0) is 4.79 Å². The predicted molar refractivity (Wildman–Crippen MR) is 82.7 cm³/mol. The molecular weight excluding hydrogens is 294 g/mol. The van der Waals surface area contributed by atoms with Crippen molar-refractivity contribution < 1.29 is 14.1 Å². The van der Waals surface area contributed by atoms with Crippen LogP contribution in [0, 0.1) is 17.2 Å². The van der Waals surface area contributed by atoms with E-state index in [0.717, 1.165) is 22.7 Å². The van der Waals surface area contributed by atoms with Crippen LogP contribution in [0.2, 0.25) is 0 Å². The summed E-state index contributed by atoms with van der Waals surface area (Å²) in [4.78, 5) is 23.5. The fourth-order valence-corrected chi connectivity index (χ4v) is 3.28. The van der Waals surface area contributed by atoms with Gasteiger partial charge in [0.25, 0.3) is 5.82 Å². The molecule has 1 aliphatic rings. The Morgan fingerprint density at radius 2 is 2.39 bits per heavy atom. The number of hydrogen-bond acceptors (Lipinski definition) is 5. The highest BCUT2D eigenvalue weighted by molar-refractivity contribution is 5.79. The fraction of sp³-hybridized carbons (Fsp3) is 0.500. The lowest BCUT2D eigenvalue weighted by Crippen LogP contribution is -3.11. The van der Waals surface area contributed by atoms with E-state index in [1.807, 2.05) is 19.2 Å². The van der Waals surface area contributed by atoms with Crippen molar-refractivity contribution in [2.75, 3.05) is 20.1 Å². The lowest BCUT2D eigenvalue weighted by molar-refractivity contribution is -0.846. The number of nitriles is 1. The van der Waals surface area contributed by atoms with Crippen LogP contribution in [-0.4, -0.2) is 47.0 Å². The number of nitrogens with zero attached hydrogens (tertiary/aromatic N) is 4. The first kappa shape index (κ1) is 15.4. The second-order valence-corrected chi connectivity index (χ2v) is 6.09. The molecule has 3 atom stereocenters. The maximum atomic E-state index is 12.0. The number of quaternary nitrogens is 1. The van der Waals surface area contributed by atoms with Crippen LogP contribution in [0.1, 0.15) is 19.8 Å². The van der Waals surface area contributed by atoms with Gasteiger partial charge in [-0.1, -0.05) is 6.92 Å². The number of likely N-dealkylation sites (tertiary alicyclic amines) is 1. The molecule has 2 aromatic heterocycles. The molecule has 3 rings (SSSR count). The summed E-state index contributed by atoms with van der Waals surface area (Å²) >= 11 is 0. The largest absolute Gasteiger partial charge is 0.455 e. The lowest BCUT2D eigenvalue weighted by Gasteiger charge is -2.38. The van der Waals surface area contributed by atoms with E-state index in [-0.39, 0.29) is 18.4 Å². The average Bonchev–Trinajstić information content (AvgIpc) is 3.03. The molecule has 0 bridgehead atoms. The summed E-state index contributed by atoms with van der Waals surface area (Å²) in [6.07, 6.45) is 4.02. The Hall–Kier alpha value is -2.46. The van der Waals surface area contributed by atoms with Crippen molar-refractivity contribution in [1.29, 1.82) is 5.26 Å². The molecule has 2 aromatic rings. The molecule has 7 nitrogen and oxygen atoms in total. The zero-order valence-corrected chi connectivity index (χ0v) is 13.3. The Kier molecular flexibility index (Phi) is 4.26. The van der Waals surface area contributed by atoms with E-state index >= 15 is 0 Å². The molecular formula is C16H20N5O2+. The summed E-state index contributed by atoms with van der Waals surface area (Å²) in [7, 11) is 2.05. The zero-order valence-electron chi connectivity index (χ0n) is 13.3. The number of rotatable bonds is 3. The molecule has 0 aliphatic carbocycles. The van der Waals surface area contributed by atoms with Gasteiger partial charge in [0.1, 0.15) is 24.3 Å². The SMILES string of the molecule is CC1CCN(C(=O)CC#N)CC1[NH+](C)c1ncnc2ccoc12. The summed E-state index contributed by atoms with van der Waals surface area (Å²) in [6, 6.07) is 3.96. The second kappa shape index (κ2) is 6.34. The second-order valence-electron chi connectivity index (χ2n) is 6.09. The van der Waals surface area contributed by atoms with Crippen molar-refractivity contribution in [1.82, 2.24) is 14.9 Å². The number of fused-ring (bicyclic) bond motifs is 1. The number of furan rings is 1. The Bertz CT molecular complexity index is 750. The molecule has 1 N–H and O–H groups in total. The molecule has 0 aromatic carbocycles. The van der Waals surface area contributed by atoms with E-state index in [9.17, 15) is 4.79 Å². The third-order valence-corrected chi connectivity index (χ3v) is 4.71. The molecule has 120 valence electrons. The van der Waals surface area contributed by atoms with Crippen LogP contribution in [0.15, 0.2) is 23.1 Å². The Labute approximate surface area is 134 Å². The molecule has 3 unspecified atom stereocenters. The summed E-state index contributed by atoms with van der Waals surface area (Å²) in [5.74, 6) is 1.16. The lowest BCUT2D eigenvalue weighted by atomic mass is 9.92. The molecule has 7 heteroatoms. The van der Waals surface area contributed by atoms with Gasteiger partial charge in [0.2, 0.25) is 11.5 Å². The molecule has 23 heavy (non-hydrogen) atoms. The van der Waals surface area contributed by atoms with Gasteiger partial charge >= 0.3 is 0 Å². The quantitative estimate of drug-likeness (QED) is 0.892. The van der Waals surface area contributed by atoms with Crippen molar-refractivity contribution in [2.24, 2.45) is 5.92 Å². The Morgan fingerprint density at radius 1 is 1.57 bits per heavy atom. The maximum Gasteiger partial charge on any atom is 0.273 e. The van der Waals surface area contributed by atoms with E-state index in [2.05, 4.69) is 16.9 Å². The zero-order chi connectivity index (χ0) is 16.4. The van der Waals surface area contributed by atoms with Gasteiger partial charge in [0, 0.05) is 18.5 Å². The molecule has 0 radical (unpaired) electrons. The van der Waals surface area contributed by atoms with Gasteiger partial charge < -0.3 is 9.32 Å². The molecule has 3 heterocycles. The smallest absolute Gasteiger partial charge is 0.273 e. The summed E-state index contributed by atoms with van der Waals surface area (Å²) in [6.45, 7) is 3.53. The first-order valence-corrected chi connectivity index (χ1v) is 7.78. The van der Waals surface area contributed by atoms with E-state index < -0.39 is 0 Å². The minimum atomic E-state index is -0.0944. The molecule has 1 fully saturated rings.